The number of hydrogen-bond donors (Lipinski definition) is 3. The van der Waals surface area contributed by atoms with Crippen LogP contribution < -0.4 is 10.6 Å². The molecule has 0 bridgehead atoms. The number of H-pyrrole nitrogens is 1. The summed E-state index contributed by atoms with van der Waals surface area (Å²) in [6.07, 6.45) is 11.6. The fourth-order valence-corrected chi connectivity index (χ4v) is 4.92. The van der Waals surface area contributed by atoms with Gasteiger partial charge in [0.15, 0.2) is 0 Å². The van der Waals surface area contributed by atoms with Gasteiger partial charge in [-0.1, -0.05) is 32.1 Å². The van der Waals surface area contributed by atoms with Crippen molar-refractivity contribution in [2.24, 2.45) is 5.92 Å². The van der Waals surface area contributed by atoms with E-state index in [2.05, 4.69) is 62.0 Å². The van der Waals surface area contributed by atoms with Crippen molar-refractivity contribution in [1.82, 2.24) is 19.9 Å². The number of nitrogens with one attached hydrogen (secondary N) is 3. The summed E-state index contributed by atoms with van der Waals surface area (Å²) in [6.45, 7) is 4.77. The van der Waals surface area contributed by atoms with Crippen LogP contribution in [0.4, 0.5) is 11.4 Å². The minimum Gasteiger partial charge on any atom is -0.380 e. The SMILES string of the molecule is CC(C)CC(=O)Nc1cncc(-c2cc3c(cn2)NCC=C3c2cc3c(-c4ccncc4)cccc3[nH]2)c1. The summed E-state index contributed by atoms with van der Waals surface area (Å²) in [5, 5.41) is 7.55. The number of anilines is 2. The molecule has 0 aliphatic carbocycles. The quantitative estimate of drug-likeness (QED) is 0.246. The van der Waals surface area contributed by atoms with Crippen LogP contribution in [0.2, 0.25) is 0 Å². The number of aromatic nitrogens is 4. The molecule has 6 rings (SSSR count). The third-order valence-corrected chi connectivity index (χ3v) is 6.65. The van der Waals surface area contributed by atoms with Gasteiger partial charge in [-0.3, -0.25) is 19.7 Å². The molecule has 0 radical (unpaired) electrons. The highest BCUT2D eigenvalue weighted by Crippen LogP contribution is 2.37. The van der Waals surface area contributed by atoms with Crippen molar-refractivity contribution in [2.75, 3.05) is 17.2 Å². The van der Waals surface area contributed by atoms with E-state index in [1.807, 2.05) is 50.6 Å². The highest BCUT2D eigenvalue weighted by Gasteiger charge is 2.19. The maximum absolute atomic E-state index is 12.3. The van der Waals surface area contributed by atoms with E-state index in [4.69, 9.17) is 4.98 Å². The number of aromatic amines is 1. The molecule has 38 heavy (non-hydrogen) atoms. The lowest BCUT2D eigenvalue weighted by Gasteiger charge is -2.19. The van der Waals surface area contributed by atoms with Crippen molar-refractivity contribution >= 4 is 33.8 Å². The zero-order valence-electron chi connectivity index (χ0n) is 21.3. The van der Waals surface area contributed by atoms with Gasteiger partial charge in [0.05, 0.1) is 29.5 Å². The van der Waals surface area contributed by atoms with Gasteiger partial charge in [0, 0.05) is 64.9 Å². The number of hydrogen-bond acceptors (Lipinski definition) is 5. The van der Waals surface area contributed by atoms with Crippen molar-refractivity contribution in [3.63, 3.8) is 0 Å². The second-order valence-corrected chi connectivity index (χ2v) is 9.91. The monoisotopic (exact) mass is 500 g/mol. The van der Waals surface area contributed by atoms with Gasteiger partial charge in [0.2, 0.25) is 5.91 Å². The van der Waals surface area contributed by atoms with Gasteiger partial charge in [0.1, 0.15) is 0 Å². The predicted molar refractivity (Wildman–Crippen MR) is 153 cm³/mol. The Labute approximate surface area is 221 Å². The van der Waals surface area contributed by atoms with E-state index in [0.717, 1.165) is 56.8 Å². The minimum absolute atomic E-state index is 0.0169. The lowest BCUT2D eigenvalue weighted by atomic mass is 9.96. The maximum Gasteiger partial charge on any atom is 0.224 e. The van der Waals surface area contributed by atoms with Crippen LogP contribution in [0.15, 0.2) is 85.6 Å². The largest absolute Gasteiger partial charge is 0.380 e. The molecule has 188 valence electrons. The van der Waals surface area contributed by atoms with Crippen LogP contribution in [0.1, 0.15) is 31.5 Å². The van der Waals surface area contributed by atoms with Gasteiger partial charge in [-0.25, -0.2) is 0 Å². The second-order valence-electron chi connectivity index (χ2n) is 9.91. The number of carbonyl (C=O) groups is 1. The lowest BCUT2D eigenvalue weighted by Crippen LogP contribution is -2.14. The van der Waals surface area contributed by atoms with Gasteiger partial charge < -0.3 is 15.6 Å². The van der Waals surface area contributed by atoms with Crippen LogP contribution in [0, 0.1) is 5.92 Å². The second kappa shape index (κ2) is 9.94. The highest BCUT2D eigenvalue weighted by atomic mass is 16.1. The molecule has 4 aromatic heterocycles. The van der Waals surface area contributed by atoms with Crippen LogP contribution in [-0.4, -0.2) is 32.4 Å². The Morgan fingerprint density at radius 3 is 2.68 bits per heavy atom. The van der Waals surface area contributed by atoms with E-state index in [0.29, 0.717) is 12.1 Å². The Kier molecular flexibility index (Phi) is 6.17. The number of carbonyl (C=O) groups excluding carboxylic acids is 1. The normalized spacial score (nSPS) is 12.7. The summed E-state index contributed by atoms with van der Waals surface area (Å²) in [6, 6.07) is 16.6. The van der Waals surface area contributed by atoms with Gasteiger partial charge in [0.25, 0.3) is 0 Å². The van der Waals surface area contributed by atoms with Gasteiger partial charge in [-0.2, -0.15) is 0 Å². The van der Waals surface area contributed by atoms with E-state index < -0.39 is 0 Å². The van der Waals surface area contributed by atoms with E-state index >= 15 is 0 Å². The molecule has 1 aliphatic heterocycles. The molecule has 1 aliphatic rings. The number of nitrogens with zero attached hydrogens (tertiary/aromatic N) is 3. The van der Waals surface area contributed by atoms with Crippen LogP contribution >= 0.6 is 0 Å². The number of pyridine rings is 3. The average molecular weight is 501 g/mol. The Bertz CT molecular complexity index is 1670. The number of amides is 1. The molecule has 5 aromatic rings. The Balaban J connectivity index is 1.36. The molecule has 0 saturated heterocycles. The summed E-state index contributed by atoms with van der Waals surface area (Å²) in [7, 11) is 0. The van der Waals surface area contributed by atoms with Crippen LogP contribution in [0.3, 0.4) is 0 Å². The van der Waals surface area contributed by atoms with Crippen molar-refractivity contribution in [1.29, 1.82) is 0 Å². The molecule has 0 spiro atoms. The van der Waals surface area contributed by atoms with E-state index in [1.54, 1.807) is 12.4 Å². The molecule has 7 nitrogen and oxygen atoms in total. The molecular weight excluding hydrogens is 472 g/mol. The highest BCUT2D eigenvalue weighted by molar-refractivity contribution is 6.00. The summed E-state index contributed by atoms with van der Waals surface area (Å²) in [5.41, 5.74) is 9.90. The van der Waals surface area contributed by atoms with Gasteiger partial charge in [-0.05, 0) is 53.4 Å². The summed E-state index contributed by atoms with van der Waals surface area (Å²) in [5.74, 6) is 0.272. The molecule has 0 unspecified atom stereocenters. The van der Waals surface area contributed by atoms with Crippen molar-refractivity contribution in [3.8, 4) is 22.4 Å². The molecule has 0 saturated carbocycles. The molecule has 7 heteroatoms. The molecule has 5 heterocycles. The Morgan fingerprint density at radius 2 is 1.84 bits per heavy atom. The van der Waals surface area contributed by atoms with Crippen LogP contribution in [0.5, 0.6) is 0 Å². The molecule has 3 N–H and O–H groups in total. The van der Waals surface area contributed by atoms with Crippen molar-refractivity contribution < 1.29 is 4.79 Å². The molecular formula is C31H28N6O. The third-order valence-electron chi connectivity index (χ3n) is 6.65. The lowest BCUT2D eigenvalue weighted by molar-refractivity contribution is -0.116. The summed E-state index contributed by atoms with van der Waals surface area (Å²) < 4.78 is 0. The molecule has 0 atom stereocenters. The Hall–Kier alpha value is -4.78. The smallest absolute Gasteiger partial charge is 0.224 e. The molecule has 1 aromatic carbocycles. The summed E-state index contributed by atoms with van der Waals surface area (Å²) in [4.78, 5) is 29.1. The first-order valence-corrected chi connectivity index (χ1v) is 12.8. The van der Waals surface area contributed by atoms with E-state index in [-0.39, 0.29) is 11.8 Å². The van der Waals surface area contributed by atoms with E-state index in [1.165, 1.54) is 5.56 Å². The fourth-order valence-electron chi connectivity index (χ4n) is 4.92. The first-order valence-electron chi connectivity index (χ1n) is 12.8. The number of benzene rings is 1. The fraction of sp³-hybridized carbons (Fsp3) is 0.161. The predicted octanol–water partition coefficient (Wildman–Crippen LogP) is 6.53. The van der Waals surface area contributed by atoms with E-state index in [9.17, 15) is 4.79 Å². The summed E-state index contributed by atoms with van der Waals surface area (Å²) >= 11 is 0. The van der Waals surface area contributed by atoms with Crippen LogP contribution in [0.25, 0.3) is 38.9 Å². The van der Waals surface area contributed by atoms with Crippen LogP contribution in [-0.2, 0) is 4.79 Å². The third kappa shape index (κ3) is 4.66. The number of rotatable bonds is 6. The standard InChI is InChI=1S/C31H28N6O/c1-19(2)12-31(38)36-22-13-21(16-33-17-22)28-14-26-24(8-11-34-30(26)18-35-28)29-15-25-23(4-3-5-27(25)37-29)20-6-9-32-10-7-20/h3-10,13-19,34,37H,11-12H2,1-2H3,(H,36,38). The van der Waals surface area contributed by atoms with Crippen molar-refractivity contribution in [3.05, 3.63) is 96.8 Å². The zero-order valence-corrected chi connectivity index (χ0v) is 21.3. The van der Waals surface area contributed by atoms with Crippen molar-refractivity contribution in [2.45, 2.75) is 20.3 Å². The topological polar surface area (TPSA) is 95.6 Å². The van der Waals surface area contributed by atoms with Gasteiger partial charge in [-0.15, -0.1) is 0 Å². The Morgan fingerprint density at radius 1 is 0.974 bits per heavy atom. The molecule has 0 fully saturated rings. The molecule has 1 amide bonds. The van der Waals surface area contributed by atoms with Gasteiger partial charge >= 0.3 is 0 Å². The average Bonchev–Trinajstić information content (AvgIpc) is 3.37. The first kappa shape index (κ1) is 23.6. The zero-order chi connectivity index (χ0) is 26.1. The maximum atomic E-state index is 12.3. The first-order chi connectivity index (χ1) is 18.5. The minimum atomic E-state index is -0.0169. The number of fused-ring (bicyclic) bond motifs is 2.